The molecule has 0 saturated carbocycles. The van der Waals surface area contributed by atoms with Crippen LogP contribution in [0.3, 0.4) is 0 Å². The molecular weight excluding hydrogens is 348 g/mol. The van der Waals surface area contributed by atoms with Gasteiger partial charge in [-0.2, -0.15) is 5.10 Å². The molecule has 0 spiro atoms. The number of hydrogen-bond donors (Lipinski definition) is 2. The third kappa shape index (κ3) is 3.20. The lowest BCUT2D eigenvalue weighted by atomic mass is 10.2. The van der Waals surface area contributed by atoms with E-state index < -0.39 is 0 Å². The molecule has 2 aromatic carbocycles. The highest BCUT2D eigenvalue weighted by Gasteiger charge is 2.16. The fraction of sp³-hybridized carbons (Fsp3) is 0.0588. The van der Waals surface area contributed by atoms with Crippen molar-refractivity contribution in [3.8, 4) is 11.5 Å². The maximum Gasteiger partial charge on any atom is 0.283 e. The third-order valence-corrected chi connectivity index (χ3v) is 5.00. The van der Waals surface area contributed by atoms with Crippen LogP contribution in [0, 0.1) is 0 Å². The molecule has 0 saturated heterocycles. The number of halogens is 1. The molecule has 0 bridgehead atoms. The summed E-state index contributed by atoms with van der Waals surface area (Å²) in [5, 5.41) is 14.9. The Morgan fingerprint density at radius 3 is 2.83 bits per heavy atom. The van der Waals surface area contributed by atoms with Gasteiger partial charge in [0.2, 0.25) is 0 Å². The summed E-state index contributed by atoms with van der Waals surface area (Å²) < 4.78 is 5.91. The van der Waals surface area contributed by atoms with Gasteiger partial charge in [-0.3, -0.25) is 4.79 Å². The predicted octanol–water partition coefficient (Wildman–Crippen LogP) is 4.03. The number of amides is 1. The summed E-state index contributed by atoms with van der Waals surface area (Å²) in [7, 11) is 1.47. The summed E-state index contributed by atoms with van der Waals surface area (Å²) in [4.78, 5) is 12.6. The first-order valence-corrected chi connectivity index (χ1v) is 8.17. The smallest absolute Gasteiger partial charge is 0.283 e. The number of thiophene rings is 1. The fourth-order valence-electron chi connectivity index (χ4n) is 2.16. The number of carbonyl (C=O) groups excluding carboxylic acids is 1. The van der Waals surface area contributed by atoms with Crippen molar-refractivity contribution in [3.05, 3.63) is 57.9 Å². The van der Waals surface area contributed by atoms with Crippen LogP contribution >= 0.6 is 22.9 Å². The summed E-state index contributed by atoms with van der Waals surface area (Å²) in [6, 6.07) is 12.4. The van der Waals surface area contributed by atoms with Crippen LogP contribution < -0.4 is 10.2 Å². The zero-order valence-corrected chi connectivity index (χ0v) is 14.2. The molecule has 0 unspecified atom stereocenters. The predicted molar refractivity (Wildman–Crippen MR) is 96.6 cm³/mol. The van der Waals surface area contributed by atoms with E-state index in [9.17, 15) is 9.90 Å². The molecule has 7 heteroatoms. The number of nitrogens with zero attached hydrogens (tertiary/aromatic N) is 1. The van der Waals surface area contributed by atoms with Gasteiger partial charge in [-0.05, 0) is 29.8 Å². The minimum atomic E-state index is -0.379. The van der Waals surface area contributed by atoms with E-state index in [1.807, 2.05) is 24.3 Å². The van der Waals surface area contributed by atoms with Gasteiger partial charge in [0.05, 0.1) is 18.3 Å². The van der Waals surface area contributed by atoms with Crippen molar-refractivity contribution in [1.82, 2.24) is 5.43 Å². The molecule has 3 aromatic rings. The molecule has 0 aliphatic rings. The van der Waals surface area contributed by atoms with Gasteiger partial charge in [-0.25, -0.2) is 5.43 Å². The van der Waals surface area contributed by atoms with Crippen LogP contribution in [0.2, 0.25) is 5.02 Å². The fourth-order valence-corrected chi connectivity index (χ4v) is 3.57. The van der Waals surface area contributed by atoms with Crippen molar-refractivity contribution in [2.75, 3.05) is 7.11 Å². The average Bonchev–Trinajstić information content (AvgIpc) is 2.92. The van der Waals surface area contributed by atoms with Crippen LogP contribution in [0.5, 0.6) is 11.5 Å². The maximum absolute atomic E-state index is 12.2. The molecule has 1 heterocycles. The molecule has 0 radical (unpaired) electrons. The normalized spacial score (nSPS) is 11.1. The van der Waals surface area contributed by atoms with E-state index in [0.717, 1.165) is 10.1 Å². The number of rotatable bonds is 4. The molecule has 0 fully saturated rings. The van der Waals surface area contributed by atoms with Crippen LogP contribution in [0.15, 0.2) is 47.6 Å². The number of fused-ring (bicyclic) bond motifs is 1. The summed E-state index contributed by atoms with van der Waals surface area (Å²) in [6.45, 7) is 0. The topological polar surface area (TPSA) is 70.9 Å². The van der Waals surface area contributed by atoms with Crippen molar-refractivity contribution in [2.24, 2.45) is 5.10 Å². The van der Waals surface area contributed by atoms with E-state index in [2.05, 4.69) is 10.5 Å². The number of phenolic OH excluding ortho intramolecular Hbond substituents is 1. The van der Waals surface area contributed by atoms with Gasteiger partial charge < -0.3 is 9.84 Å². The summed E-state index contributed by atoms with van der Waals surface area (Å²) >= 11 is 7.56. The highest BCUT2D eigenvalue weighted by atomic mass is 35.5. The Bertz CT molecular complexity index is 937. The molecule has 3 rings (SSSR count). The maximum atomic E-state index is 12.2. The Kier molecular flexibility index (Phi) is 4.69. The molecule has 1 amide bonds. The largest absolute Gasteiger partial charge is 0.504 e. The van der Waals surface area contributed by atoms with Crippen molar-refractivity contribution < 1.29 is 14.6 Å². The van der Waals surface area contributed by atoms with E-state index in [1.54, 1.807) is 12.1 Å². The van der Waals surface area contributed by atoms with Gasteiger partial charge in [0.1, 0.15) is 4.88 Å². The molecule has 1 aromatic heterocycles. The van der Waals surface area contributed by atoms with Gasteiger partial charge in [-0.15, -0.1) is 11.3 Å². The van der Waals surface area contributed by atoms with Crippen LogP contribution in [0.4, 0.5) is 0 Å². The molecule has 2 N–H and O–H groups in total. The Balaban J connectivity index is 1.75. The van der Waals surface area contributed by atoms with Gasteiger partial charge in [-0.1, -0.05) is 29.8 Å². The number of methoxy groups -OCH3 is 1. The first kappa shape index (κ1) is 16.3. The molecule has 24 heavy (non-hydrogen) atoms. The molecule has 0 aliphatic heterocycles. The summed E-state index contributed by atoms with van der Waals surface area (Å²) in [5.74, 6) is -0.0104. The van der Waals surface area contributed by atoms with E-state index in [0.29, 0.717) is 21.2 Å². The minimum Gasteiger partial charge on any atom is -0.504 e. The standard InChI is InChI=1S/C17H13ClN2O3S/c1-23-13-7-6-10(8-12(13)21)9-19-20-17(22)16-15(18)11-4-2-3-5-14(11)24-16/h2-9,21H,1H3,(H,20,22)/b19-9+. The minimum absolute atomic E-state index is 0.000303. The first-order valence-electron chi connectivity index (χ1n) is 6.97. The van der Waals surface area contributed by atoms with E-state index in [4.69, 9.17) is 16.3 Å². The summed E-state index contributed by atoms with van der Waals surface area (Å²) in [5.41, 5.74) is 3.06. The second-order valence-corrected chi connectivity index (χ2v) is 6.30. The third-order valence-electron chi connectivity index (χ3n) is 3.32. The highest BCUT2D eigenvalue weighted by Crippen LogP contribution is 2.34. The number of aromatic hydroxyl groups is 1. The van der Waals surface area contributed by atoms with E-state index in [1.165, 1.54) is 30.7 Å². The SMILES string of the molecule is COc1ccc(/C=N/NC(=O)c2sc3ccccc3c2Cl)cc1O. The van der Waals surface area contributed by atoms with Gasteiger partial charge >= 0.3 is 0 Å². The van der Waals surface area contributed by atoms with E-state index >= 15 is 0 Å². The zero-order chi connectivity index (χ0) is 17.1. The van der Waals surface area contributed by atoms with Crippen molar-refractivity contribution in [3.63, 3.8) is 0 Å². The Labute approximate surface area is 147 Å². The highest BCUT2D eigenvalue weighted by molar-refractivity contribution is 7.21. The van der Waals surface area contributed by atoms with Crippen molar-refractivity contribution in [2.45, 2.75) is 0 Å². The Morgan fingerprint density at radius 2 is 2.12 bits per heavy atom. The number of ether oxygens (including phenoxy) is 1. The summed E-state index contributed by atoms with van der Waals surface area (Å²) in [6.07, 6.45) is 1.43. The number of phenols is 1. The lowest BCUT2D eigenvalue weighted by Crippen LogP contribution is -2.16. The van der Waals surface area contributed by atoms with Crippen molar-refractivity contribution >= 4 is 45.1 Å². The van der Waals surface area contributed by atoms with Gasteiger partial charge in [0.15, 0.2) is 11.5 Å². The molecular formula is C17H13ClN2O3S. The number of carbonyl (C=O) groups is 1. The average molecular weight is 361 g/mol. The zero-order valence-electron chi connectivity index (χ0n) is 12.6. The van der Waals surface area contributed by atoms with Crippen molar-refractivity contribution in [1.29, 1.82) is 0 Å². The lowest BCUT2D eigenvalue weighted by Gasteiger charge is -2.03. The van der Waals surface area contributed by atoms with Gasteiger partial charge in [0.25, 0.3) is 5.91 Å². The number of hydrogen-bond acceptors (Lipinski definition) is 5. The molecule has 0 atom stereocenters. The lowest BCUT2D eigenvalue weighted by molar-refractivity contribution is 0.0959. The molecule has 5 nitrogen and oxygen atoms in total. The number of benzene rings is 2. The monoisotopic (exact) mass is 360 g/mol. The first-order chi connectivity index (χ1) is 11.6. The Hall–Kier alpha value is -2.57. The second kappa shape index (κ2) is 6.90. The second-order valence-electron chi connectivity index (χ2n) is 4.87. The van der Waals surface area contributed by atoms with Gasteiger partial charge in [0, 0.05) is 10.1 Å². The Morgan fingerprint density at radius 1 is 1.33 bits per heavy atom. The molecule has 122 valence electrons. The quantitative estimate of drug-likeness (QED) is 0.545. The van der Waals surface area contributed by atoms with Crippen LogP contribution in [-0.4, -0.2) is 24.3 Å². The molecule has 0 aliphatic carbocycles. The number of nitrogens with one attached hydrogen (secondary N) is 1. The number of hydrazone groups is 1. The van der Waals surface area contributed by atoms with E-state index in [-0.39, 0.29) is 11.7 Å². The van der Waals surface area contributed by atoms with Crippen LogP contribution in [0.1, 0.15) is 15.2 Å². The van der Waals surface area contributed by atoms with Crippen LogP contribution in [0.25, 0.3) is 10.1 Å². The van der Waals surface area contributed by atoms with Crippen LogP contribution in [-0.2, 0) is 0 Å².